The quantitative estimate of drug-likeness (QED) is 0.498. The van der Waals surface area contributed by atoms with E-state index in [1.807, 2.05) is 50.2 Å². The first-order chi connectivity index (χ1) is 13.4. The molecule has 0 aromatic heterocycles. The molecule has 0 bridgehead atoms. The molecule has 3 aromatic rings. The van der Waals surface area contributed by atoms with E-state index in [1.54, 1.807) is 25.3 Å². The van der Waals surface area contributed by atoms with Crippen LogP contribution >= 0.6 is 11.6 Å². The number of aliphatic hydroxyl groups is 1. The van der Waals surface area contributed by atoms with Gasteiger partial charge in [-0.1, -0.05) is 35.9 Å². The number of hydrogen-bond donors (Lipinski definition) is 3. The lowest BCUT2D eigenvalue weighted by Gasteiger charge is -2.20. The molecule has 146 valence electrons. The van der Waals surface area contributed by atoms with Gasteiger partial charge in [-0.3, -0.25) is 0 Å². The fourth-order valence-corrected chi connectivity index (χ4v) is 3.39. The molecule has 1 atom stereocenters. The number of nitrogens with one attached hydrogen (secondary N) is 1. The molecular weight excluding hydrogens is 372 g/mol. The summed E-state index contributed by atoms with van der Waals surface area (Å²) < 4.78 is 5.20. The third kappa shape index (κ3) is 4.24. The molecule has 0 fully saturated rings. The number of benzene rings is 3. The molecule has 5 heteroatoms. The van der Waals surface area contributed by atoms with E-state index < -0.39 is 6.10 Å². The number of methoxy groups -OCH3 is 1. The minimum absolute atomic E-state index is 0.518. The molecule has 4 N–H and O–H groups in total. The van der Waals surface area contributed by atoms with Crippen LogP contribution in [-0.4, -0.2) is 12.2 Å². The van der Waals surface area contributed by atoms with E-state index in [4.69, 9.17) is 22.1 Å². The zero-order valence-corrected chi connectivity index (χ0v) is 17.0. The SMILES string of the molecule is COc1ccc(CNc2ccc(Cl)cc2C(O)c2cccc(C)c2C)c(N)c1. The molecule has 0 aliphatic carbocycles. The Labute approximate surface area is 170 Å². The van der Waals surface area contributed by atoms with Crippen LogP contribution in [0.15, 0.2) is 54.6 Å². The molecule has 3 aromatic carbocycles. The highest BCUT2D eigenvalue weighted by Crippen LogP contribution is 2.33. The van der Waals surface area contributed by atoms with Gasteiger partial charge in [-0.25, -0.2) is 0 Å². The van der Waals surface area contributed by atoms with Gasteiger partial charge in [-0.15, -0.1) is 0 Å². The van der Waals surface area contributed by atoms with E-state index in [-0.39, 0.29) is 0 Å². The molecule has 0 spiro atoms. The summed E-state index contributed by atoms with van der Waals surface area (Å²) in [4.78, 5) is 0. The van der Waals surface area contributed by atoms with Crippen LogP contribution < -0.4 is 15.8 Å². The molecule has 0 aliphatic heterocycles. The third-order valence-corrected chi connectivity index (χ3v) is 5.31. The topological polar surface area (TPSA) is 67.5 Å². The van der Waals surface area contributed by atoms with Gasteiger partial charge in [0.05, 0.1) is 7.11 Å². The van der Waals surface area contributed by atoms with Crippen LogP contribution in [0.3, 0.4) is 0 Å². The Kier molecular flexibility index (Phi) is 6.12. The average Bonchev–Trinajstić information content (AvgIpc) is 2.69. The second-order valence-electron chi connectivity index (χ2n) is 6.84. The van der Waals surface area contributed by atoms with Crippen molar-refractivity contribution < 1.29 is 9.84 Å². The van der Waals surface area contributed by atoms with Gasteiger partial charge in [0.2, 0.25) is 0 Å². The van der Waals surface area contributed by atoms with Crippen molar-refractivity contribution in [2.75, 3.05) is 18.2 Å². The van der Waals surface area contributed by atoms with Crippen molar-refractivity contribution in [3.63, 3.8) is 0 Å². The Morgan fingerprint density at radius 1 is 1.07 bits per heavy atom. The van der Waals surface area contributed by atoms with Crippen molar-refractivity contribution in [2.24, 2.45) is 0 Å². The van der Waals surface area contributed by atoms with E-state index in [1.165, 1.54) is 0 Å². The first-order valence-corrected chi connectivity index (χ1v) is 9.48. The lowest BCUT2D eigenvalue weighted by Crippen LogP contribution is -2.09. The number of ether oxygens (including phenoxy) is 1. The maximum absolute atomic E-state index is 11.1. The number of hydrogen-bond acceptors (Lipinski definition) is 4. The van der Waals surface area contributed by atoms with Gasteiger partial charge in [0.1, 0.15) is 11.9 Å². The molecule has 0 saturated carbocycles. The molecule has 0 heterocycles. The predicted molar refractivity (Wildman–Crippen MR) is 116 cm³/mol. The van der Waals surface area contributed by atoms with Crippen molar-refractivity contribution in [3.8, 4) is 5.75 Å². The van der Waals surface area contributed by atoms with E-state index in [0.717, 1.165) is 39.3 Å². The maximum atomic E-state index is 11.1. The summed E-state index contributed by atoms with van der Waals surface area (Å²) in [5, 5.41) is 15.0. The molecular formula is C23H25ClN2O2. The van der Waals surface area contributed by atoms with Gasteiger partial charge in [0, 0.05) is 34.6 Å². The van der Waals surface area contributed by atoms with Crippen molar-refractivity contribution in [3.05, 3.63) is 87.4 Å². The molecule has 28 heavy (non-hydrogen) atoms. The van der Waals surface area contributed by atoms with Gasteiger partial charge in [0.25, 0.3) is 0 Å². The summed E-state index contributed by atoms with van der Waals surface area (Å²) >= 11 is 6.22. The lowest BCUT2D eigenvalue weighted by molar-refractivity contribution is 0.220. The minimum Gasteiger partial charge on any atom is -0.497 e. The normalized spacial score (nSPS) is 11.9. The lowest BCUT2D eigenvalue weighted by atomic mass is 9.94. The minimum atomic E-state index is -0.783. The highest BCUT2D eigenvalue weighted by Gasteiger charge is 2.18. The van der Waals surface area contributed by atoms with Crippen LogP contribution in [0, 0.1) is 13.8 Å². The smallest absolute Gasteiger partial charge is 0.120 e. The van der Waals surface area contributed by atoms with Crippen LogP contribution in [0.4, 0.5) is 11.4 Å². The first-order valence-electron chi connectivity index (χ1n) is 9.10. The summed E-state index contributed by atoms with van der Waals surface area (Å²) in [5.41, 5.74) is 12.3. The van der Waals surface area contributed by atoms with Crippen molar-refractivity contribution in [1.29, 1.82) is 0 Å². The van der Waals surface area contributed by atoms with Gasteiger partial charge < -0.3 is 20.9 Å². The molecule has 0 amide bonds. The standard InChI is InChI=1S/C23H25ClN2O2/c1-14-5-4-6-19(15(14)2)23(27)20-11-17(24)8-10-22(20)26-13-16-7-9-18(28-3)12-21(16)25/h4-12,23,26-27H,13,25H2,1-3H3. The molecule has 1 unspecified atom stereocenters. The number of nitrogen functional groups attached to an aromatic ring is 1. The number of aryl methyl sites for hydroxylation is 1. The van der Waals surface area contributed by atoms with Crippen LogP contribution in [0.25, 0.3) is 0 Å². The van der Waals surface area contributed by atoms with Crippen molar-refractivity contribution >= 4 is 23.0 Å². The number of halogens is 1. The van der Waals surface area contributed by atoms with Gasteiger partial charge in [-0.2, -0.15) is 0 Å². The number of nitrogens with two attached hydrogens (primary N) is 1. The van der Waals surface area contributed by atoms with Crippen LogP contribution in [0.5, 0.6) is 5.75 Å². The molecule has 4 nitrogen and oxygen atoms in total. The zero-order chi connectivity index (χ0) is 20.3. The van der Waals surface area contributed by atoms with Crippen molar-refractivity contribution in [1.82, 2.24) is 0 Å². The molecule has 3 rings (SSSR count). The first kappa shape index (κ1) is 20.1. The monoisotopic (exact) mass is 396 g/mol. The van der Waals surface area contributed by atoms with E-state index >= 15 is 0 Å². The molecule has 0 saturated heterocycles. The Bertz CT molecular complexity index is 988. The summed E-state index contributed by atoms with van der Waals surface area (Å²) in [6.07, 6.45) is -0.783. The second kappa shape index (κ2) is 8.55. The Hall–Kier alpha value is -2.69. The highest BCUT2D eigenvalue weighted by molar-refractivity contribution is 6.30. The van der Waals surface area contributed by atoms with Crippen LogP contribution in [0.2, 0.25) is 5.02 Å². The third-order valence-electron chi connectivity index (χ3n) is 5.07. The Balaban J connectivity index is 1.90. The predicted octanol–water partition coefficient (Wildman–Crippen LogP) is 5.24. The number of anilines is 2. The Morgan fingerprint density at radius 3 is 2.57 bits per heavy atom. The van der Waals surface area contributed by atoms with E-state index in [2.05, 4.69) is 5.32 Å². The average molecular weight is 397 g/mol. The summed E-state index contributed by atoms with van der Waals surface area (Å²) in [5.74, 6) is 0.721. The second-order valence-corrected chi connectivity index (χ2v) is 7.28. The molecule has 0 radical (unpaired) electrons. The van der Waals surface area contributed by atoms with Gasteiger partial charge >= 0.3 is 0 Å². The zero-order valence-electron chi connectivity index (χ0n) is 16.3. The maximum Gasteiger partial charge on any atom is 0.120 e. The largest absolute Gasteiger partial charge is 0.497 e. The van der Waals surface area contributed by atoms with Gasteiger partial charge in [-0.05, 0) is 60.4 Å². The Morgan fingerprint density at radius 2 is 1.86 bits per heavy atom. The number of aliphatic hydroxyl groups excluding tert-OH is 1. The number of rotatable bonds is 6. The summed E-state index contributed by atoms with van der Waals surface area (Å²) in [6, 6.07) is 17.0. The van der Waals surface area contributed by atoms with Gasteiger partial charge in [0.15, 0.2) is 0 Å². The van der Waals surface area contributed by atoms with E-state index in [9.17, 15) is 5.11 Å². The summed E-state index contributed by atoms with van der Waals surface area (Å²) in [7, 11) is 1.61. The van der Waals surface area contributed by atoms with Crippen LogP contribution in [-0.2, 0) is 6.54 Å². The highest BCUT2D eigenvalue weighted by atomic mass is 35.5. The van der Waals surface area contributed by atoms with E-state index in [0.29, 0.717) is 17.3 Å². The summed E-state index contributed by atoms with van der Waals surface area (Å²) in [6.45, 7) is 4.57. The fraction of sp³-hybridized carbons (Fsp3) is 0.217. The van der Waals surface area contributed by atoms with Crippen molar-refractivity contribution in [2.45, 2.75) is 26.5 Å². The van der Waals surface area contributed by atoms with Crippen LogP contribution in [0.1, 0.15) is 33.9 Å². The molecule has 0 aliphatic rings. The fourth-order valence-electron chi connectivity index (χ4n) is 3.21.